The third kappa shape index (κ3) is 6.31. The first-order valence-electron chi connectivity index (χ1n) is 11.1. The normalized spacial score (nSPS) is 15.7. The lowest BCUT2D eigenvalue weighted by atomic mass is 10.2. The first-order valence-corrected chi connectivity index (χ1v) is 11.1. The highest BCUT2D eigenvalue weighted by molar-refractivity contribution is 5.95. The zero-order chi connectivity index (χ0) is 23.8. The van der Waals surface area contributed by atoms with Gasteiger partial charge in [0.05, 0.1) is 34.2 Å². The lowest BCUT2D eigenvalue weighted by Crippen LogP contribution is -2.36. The van der Waals surface area contributed by atoms with Crippen LogP contribution in [0, 0.1) is 5.92 Å². The van der Waals surface area contributed by atoms with Crippen molar-refractivity contribution in [3.05, 3.63) is 42.0 Å². The molecule has 0 aliphatic carbocycles. The van der Waals surface area contributed by atoms with Crippen molar-refractivity contribution in [1.82, 2.24) is 5.01 Å². The third-order valence-corrected chi connectivity index (χ3v) is 5.29. The highest BCUT2D eigenvalue weighted by Crippen LogP contribution is 2.31. The first kappa shape index (κ1) is 24.2. The van der Waals surface area contributed by atoms with E-state index in [0.29, 0.717) is 47.8 Å². The molecule has 1 fully saturated rings. The predicted molar refractivity (Wildman–Crippen MR) is 129 cm³/mol. The van der Waals surface area contributed by atoms with E-state index in [-0.39, 0.29) is 11.9 Å². The van der Waals surface area contributed by atoms with E-state index in [1.165, 1.54) is 0 Å². The van der Waals surface area contributed by atoms with E-state index in [9.17, 15) is 4.79 Å². The summed E-state index contributed by atoms with van der Waals surface area (Å²) in [7, 11) is 4.76. The molecule has 0 spiro atoms. The van der Waals surface area contributed by atoms with Gasteiger partial charge in [-0.25, -0.2) is 0 Å². The van der Waals surface area contributed by atoms with Crippen LogP contribution >= 0.6 is 0 Å². The Morgan fingerprint density at radius 1 is 1.06 bits per heavy atom. The van der Waals surface area contributed by atoms with Crippen LogP contribution in [0.4, 0.5) is 5.69 Å². The number of anilines is 1. The fourth-order valence-electron chi connectivity index (χ4n) is 3.58. The number of hydrazone groups is 1. The van der Waals surface area contributed by atoms with Crippen molar-refractivity contribution in [2.24, 2.45) is 11.0 Å². The Morgan fingerprint density at radius 2 is 1.76 bits per heavy atom. The lowest BCUT2D eigenvalue weighted by molar-refractivity contribution is -0.120. The molecular weight excluding hydrogens is 422 g/mol. The van der Waals surface area contributed by atoms with Crippen LogP contribution in [0.15, 0.2) is 41.5 Å². The molecule has 0 saturated carbocycles. The number of nitrogens with zero attached hydrogens (tertiary/aromatic N) is 2. The number of carbonyl (C=O) groups is 1. The third-order valence-electron chi connectivity index (χ3n) is 5.29. The molecule has 1 atom stereocenters. The summed E-state index contributed by atoms with van der Waals surface area (Å²) in [5, 5.41) is 9.39. The van der Waals surface area contributed by atoms with Crippen molar-refractivity contribution < 1.29 is 23.7 Å². The summed E-state index contributed by atoms with van der Waals surface area (Å²) in [4.78, 5) is 12.9. The van der Waals surface area contributed by atoms with Crippen molar-refractivity contribution in [2.75, 3.05) is 39.8 Å². The molecule has 0 unspecified atom stereocenters. The number of hydrogen-bond donors (Lipinski definition) is 1. The van der Waals surface area contributed by atoms with Gasteiger partial charge in [-0.1, -0.05) is 13.8 Å². The van der Waals surface area contributed by atoms with Gasteiger partial charge in [-0.15, -0.1) is 0 Å². The Bertz CT molecular complexity index is 977. The second-order valence-electron chi connectivity index (χ2n) is 8.24. The number of rotatable bonds is 10. The Balaban J connectivity index is 1.69. The molecule has 0 aromatic heterocycles. The van der Waals surface area contributed by atoms with Crippen LogP contribution in [0.5, 0.6) is 23.0 Å². The van der Waals surface area contributed by atoms with Gasteiger partial charge < -0.3 is 24.3 Å². The minimum atomic E-state index is -0.343. The van der Waals surface area contributed by atoms with Gasteiger partial charge >= 0.3 is 0 Å². The molecule has 1 saturated heterocycles. The van der Waals surface area contributed by atoms with E-state index in [1.807, 2.05) is 23.2 Å². The van der Waals surface area contributed by atoms with E-state index < -0.39 is 0 Å². The number of ether oxygens (including phenoxy) is 4. The number of carbonyl (C=O) groups excluding carboxylic acids is 1. The van der Waals surface area contributed by atoms with E-state index in [1.54, 1.807) is 45.7 Å². The van der Waals surface area contributed by atoms with Gasteiger partial charge in [-0.2, -0.15) is 5.10 Å². The Hall–Kier alpha value is -3.42. The maximum Gasteiger partial charge on any atom is 0.248 e. The Morgan fingerprint density at radius 3 is 2.45 bits per heavy atom. The highest BCUT2D eigenvalue weighted by Gasteiger charge is 2.30. The van der Waals surface area contributed by atoms with Crippen LogP contribution in [0.2, 0.25) is 0 Å². The second-order valence-corrected chi connectivity index (χ2v) is 8.24. The minimum absolute atomic E-state index is 0.104. The van der Waals surface area contributed by atoms with E-state index in [4.69, 9.17) is 18.9 Å². The van der Waals surface area contributed by atoms with Gasteiger partial charge in [0, 0.05) is 18.3 Å². The largest absolute Gasteiger partial charge is 0.493 e. The summed E-state index contributed by atoms with van der Waals surface area (Å²) >= 11 is 0. The van der Waals surface area contributed by atoms with Gasteiger partial charge in [0.25, 0.3) is 0 Å². The molecule has 8 heteroatoms. The van der Waals surface area contributed by atoms with Gasteiger partial charge in [-0.05, 0) is 54.7 Å². The van der Waals surface area contributed by atoms with Crippen LogP contribution in [-0.2, 0) is 4.79 Å². The van der Waals surface area contributed by atoms with Crippen LogP contribution < -0.4 is 24.3 Å². The van der Waals surface area contributed by atoms with Gasteiger partial charge in [0.15, 0.2) is 23.0 Å². The predicted octanol–water partition coefficient (Wildman–Crippen LogP) is 4.18. The maximum atomic E-state index is 12.9. The van der Waals surface area contributed by atoms with Crippen molar-refractivity contribution in [1.29, 1.82) is 0 Å². The molecule has 0 radical (unpaired) electrons. The quantitative estimate of drug-likeness (QED) is 0.541. The molecule has 0 bridgehead atoms. The molecule has 1 aliphatic rings. The summed E-state index contributed by atoms with van der Waals surface area (Å²) in [6.07, 6.45) is 3.39. The minimum Gasteiger partial charge on any atom is -0.493 e. The molecule has 8 nitrogen and oxygen atoms in total. The van der Waals surface area contributed by atoms with Gasteiger partial charge in [0.2, 0.25) is 5.91 Å². The molecule has 2 aromatic carbocycles. The Labute approximate surface area is 195 Å². The number of nitrogens with one attached hydrogen (secondary N) is 1. The van der Waals surface area contributed by atoms with Crippen molar-refractivity contribution in [3.8, 4) is 23.0 Å². The standard InChI is InChI=1S/C25H33N3O5/c1-17(2)16-33-24-13-18(8-10-22(24)31-4)15-26-28-12-6-7-20(28)25(29)27-19-9-11-21(30-3)23(14-19)32-5/h8-11,13-15,17,20H,6-7,12,16H2,1-5H3,(H,27,29)/b26-15-/t20-/m0/s1. The zero-order valence-corrected chi connectivity index (χ0v) is 20.0. The van der Waals surface area contributed by atoms with Gasteiger partial charge in [0.1, 0.15) is 6.04 Å². The fraction of sp³-hybridized carbons (Fsp3) is 0.440. The maximum absolute atomic E-state index is 12.9. The molecule has 1 aliphatic heterocycles. The summed E-state index contributed by atoms with van der Waals surface area (Å²) in [6, 6.07) is 10.6. The molecular formula is C25H33N3O5. The fourth-order valence-corrected chi connectivity index (χ4v) is 3.58. The van der Waals surface area contributed by atoms with E-state index >= 15 is 0 Å². The first-order chi connectivity index (χ1) is 15.9. The number of benzene rings is 2. The Kier molecular flexibility index (Phi) is 8.40. The number of methoxy groups -OCH3 is 3. The second kappa shape index (κ2) is 11.4. The monoisotopic (exact) mass is 455 g/mol. The lowest BCUT2D eigenvalue weighted by Gasteiger charge is -2.21. The molecule has 2 aromatic rings. The van der Waals surface area contributed by atoms with E-state index in [2.05, 4.69) is 24.3 Å². The summed E-state index contributed by atoms with van der Waals surface area (Å²) in [5.41, 5.74) is 1.52. The number of hydrogen-bond acceptors (Lipinski definition) is 7. The summed E-state index contributed by atoms with van der Waals surface area (Å²) < 4.78 is 21.9. The molecule has 178 valence electrons. The smallest absolute Gasteiger partial charge is 0.248 e. The topological polar surface area (TPSA) is 81.6 Å². The van der Waals surface area contributed by atoms with E-state index in [0.717, 1.165) is 18.4 Å². The molecule has 1 N–H and O–H groups in total. The van der Waals surface area contributed by atoms with Crippen molar-refractivity contribution >= 4 is 17.8 Å². The summed E-state index contributed by atoms with van der Waals surface area (Å²) in [6.45, 7) is 5.51. The molecule has 1 heterocycles. The number of amides is 1. The SMILES string of the molecule is COc1ccc(NC(=O)[C@@H]2CCCN2/N=C\c2ccc(OC)c(OCC(C)C)c2)cc1OC. The van der Waals surface area contributed by atoms with Crippen LogP contribution in [0.25, 0.3) is 0 Å². The average molecular weight is 456 g/mol. The molecule has 3 rings (SSSR count). The van der Waals surface area contributed by atoms with Crippen molar-refractivity contribution in [3.63, 3.8) is 0 Å². The van der Waals surface area contributed by atoms with Crippen LogP contribution in [0.1, 0.15) is 32.3 Å². The highest BCUT2D eigenvalue weighted by atomic mass is 16.5. The van der Waals surface area contributed by atoms with Crippen LogP contribution in [-0.4, -0.2) is 57.7 Å². The van der Waals surface area contributed by atoms with Crippen LogP contribution in [0.3, 0.4) is 0 Å². The van der Waals surface area contributed by atoms with Gasteiger partial charge in [-0.3, -0.25) is 9.80 Å². The molecule has 33 heavy (non-hydrogen) atoms. The summed E-state index contributed by atoms with van der Waals surface area (Å²) in [5.74, 6) is 2.83. The average Bonchev–Trinajstić information content (AvgIpc) is 3.30. The molecule has 1 amide bonds. The van der Waals surface area contributed by atoms with Crippen molar-refractivity contribution in [2.45, 2.75) is 32.7 Å². The zero-order valence-electron chi connectivity index (χ0n) is 20.0.